The summed E-state index contributed by atoms with van der Waals surface area (Å²) in [5, 5.41) is 20.3. The summed E-state index contributed by atoms with van der Waals surface area (Å²) in [6.07, 6.45) is -5.16. The van der Waals surface area contributed by atoms with Crippen LogP contribution in [0.4, 0.5) is 23.2 Å². The first-order valence-electron chi connectivity index (χ1n) is 8.91. The van der Waals surface area contributed by atoms with Crippen LogP contribution in [-0.4, -0.2) is 31.7 Å². The largest absolute Gasteiger partial charge is 0.430 e. The quantitative estimate of drug-likeness (QED) is 0.290. The lowest BCUT2D eigenvalue weighted by Gasteiger charge is -2.35. The highest BCUT2D eigenvalue weighted by Crippen LogP contribution is 2.36. The van der Waals surface area contributed by atoms with Crippen molar-refractivity contribution in [1.82, 2.24) is 4.72 Å². The molecule has 2 aromatic carbocycles. The van der Waals surface area contributed by atoms with Gasteiger partial charge in [0.15, 0.2) is 4.90 Å². The number of benzene rings is 2. The van der Waals surface area contributed by atoms with E-state index in [0.717, 1.165) is 37.3 Å². The number of nitrogens with zero attached hydrogens (tertiary/aromatic N) is 2. The van der Waals surface area contributed by atoms with Crippen LogP contribution >= 0.6 is 15.9 Å². The van der Waals surface area contributed by atoms with E-state index >= 15 is 0 Å². The first-order valence-corrected chi connectivity index (χ1v) is 11.2. The average Bonchev–Trinajstić information content (AvgIpc) is 2.72. The predicted octanol–water partition coefficient (Wildman–Crippen LogP) is 4.55. The van der Waals surface area contributed by atoms with Gasteiger partial charge in [-0.1, -0.05) is 28.1 Å². The zero-order valence-electron chi connectivity index (χ0n) is 17.0. The molecule has 0 aromatic heterocycles. The Morgan fingerprint density at radius 1 is 1.21 bits per heavy atom. The number of hydrogen-bond acceptors (Lipinski definition) is 6. The first-order chi connectivity index (χ1) is 15.1. The van der Waals surface area contributed by atoms with Crippen molar-refractivity contribution < 1.29 is 35.6 Å². The van der Waals surface area contributed by atoms with Crippen LogP contribution in [0.1, 0.15) is 19.4 Å². The summed E-state index contributed by atoms with van der Waals surface area (Å²) < 4.78 is 87.8. The number of halogens is 5. The Hall–Kier alpha value is -2.60. The monoisotopic (exact) mass is 553 g/mol. The van der Waals surface area contributed by atoms with Gasteiger partial charge in [-0.05, 0) is 38.1 Å². The molecule has 178 valence electrons. The summed E-state index contributed by atoms with van der Waals surface area (Å²) in [7, 11) is -4.80. The van der Waals surface area contributed by atoms with Crippen molar-refractivity contribution in [3.63, 3.8) is 0 Å². The van der Waals surface area contributed by atoms with Crippen molar-refractivity contribution in [2.75, 3.05) is 6.61 Å². The van der Waals surface area contributed by atoms with Crippen molar-refractivity contribution in [2.45, 2.75) is 36.1 Å². The van der Waals surface area contributed by atoms with Gasteiger partial charge in [0, 0.05) is 16.1 Å². The van der Waals surface area contributed by atoms with Crippen molar-refractivity contribution in [3.05, 3.63) is 68.4 Å². The Labute approximate surface area is 194 Å². The lowest BCUT2D eigenvalue weighted by atomic mass is 9.93. The van der Waals surface area contributed by atoms with E-state index in [0.29, 0.717) is 6.92 Å². The molecule has 0 aliphatic heterocycles. The van der Waals surface area contributed by atoms with Crippen molar-refractivity contribution in [1.29, 1.82) is 5.26 Å². The maximum atomic E-state index is 14.7. The number of para-hydroxylation sites is 1. The van der Waals surface area contributed by atoms with Gasteiger partial charge < -0.3 is 4.74 Å². The number of nitro groups is 1. The van der Waals surface area contributed by atoms with Gasteiger partial charge in [-0.15, -0.1) is 0 Å². The average molecular weight is 554 g/mol. The van der Waals surface area contributed by atoms with Gasteiger partial charge in [0.1, 0.15) is 11.9 Å². The lowest BCUT2D eigenvalue weighted by Crippen LogP contribution is -2.52. The van der Waals surface area contributed by atoms with E-state index in [-0.39, 0.29) is 4.47 Å². The number of sulfonamides is 1. The summed E-state index contributed by atoms with van der Waals surface area (Å²) in [5.41, 5.74) is -6.80. The minimum absolute atomic E-state index is 0.258. The molecule has 0 aliphatic carbocycles. The molecule has 8 nitrogen and oxygen atoms in total. The summed E-state index contributed by atoms with van der Waals surface area (Å²) >= 11 is 3.07. The number of nitriles is 1. The Kier molecular flexibility index (Phi) is 7.54. The fourth-order valence-corrected chi connectivity index (χ4v) is 4.64. The van der Waals surface area contributed by atoms with E-state index < -0.39 is 60.8 Å². The van der Waals surface area contributed by atoms with Crippen LogP contribution in [-0.2, 0) is 20.3 Å². The maximum absolute atomic E-state index is 14.7. The summed E-state index contributed by atoms with van der Waals surface area (Å²) in [6.45, 7) is 0.309. The number of alkyl halides is 3. The van der Waals surface area contributed by atoms with Crippen LogP contribution in [0.5, 0.6) is 0 Å². The highest BCUT2D eigenvalue weighted by atomic mass is 79.9. The molecule has 0 fully saturated rings. The molecular weight excluding hydrogens is 538 g/mol. The van der Waals surface area contributed by atoms with E-state index in [1.807, 2.05) is 4.72 Å². The predicted molar refractivity (Wildman–Crippen MR) is 111 cm³/mol. The van der Waals surface area contributed by atoms with E-state index in [1.165, 1.54) is 18.2 Å². The Bertz CT molecular complexity index is 1220. The van der Waals surface area contributed by atoms with Gasteiger partial charge in [-0.25, -0.2) is 12.8 Å². The Balaban J connectivity index is 2.63. The third kappa shape index (κ3) is 5.67. The van der Waals surface area contributed by atoms with Gasteiger partial charge in [-0.2, -0.15) is 23.2 Å². The van der Waals surface area contributed by atoms with Crippen molar-refractivity contribution in [3.8, 4) is 6.07 Å². The molecule has 0 spiro atoms. The van der Waals surface area contributed by atoms with Gasteiger partial charge in [0.05, 0.1) is 17.1 Å². The van der Waals surface area contributed by atoms with E-state index in [9.17, 15) is 36.1 Å². The molecule has 14 heteroatoms. The first kappa shape index (κ1) is 26.7. The van der Waals surface area contributed by atoms with Gasteiger partial charge in [0.25, 0.3) is 5.69 Å². The Morgan fingerprint density at radius 3 is 2.36 bits per heavy atom. The van der Waals surface area contributed by atoms with Gasteiger partial charge >= 0.3 is 6.18 Å². The standard InChI is InChI=1S/C19H16BrF4N3O5S/c1-17(13-9-12(20)7-8-14(13)21,11-32-18(2,10-25)19(22,23)24)26-33(30,31)16-6-4-3-5-15(16)27(28)29/h3-9,26H,11H2,1-2H3/t17-,18?/m0/s1. The molecule has 0 saturated heterocycles. The van der Waals surface area contributed by atoms with Crippen LogP contribution in [0.2, 0.25) is 0 Å². The minimum Gasteiger partial charge on any atom is -0.350 e. The number of rotatable bonds is 8. The molecular formula is C19H16BrF4N3O5S. The maximum Gasteiger partial charge on any atom is 0.430 e. The number of hydrogen-bond donors (Lipinski definition) is 1. The summed E-state index contributed by atoms with van der Waals surface area (Å²) in [4.78, 5) is 9.51. The number of ether oxygens (including phenoxy) is 1. The fourth-order valence-electron chi connectivity index (χ4n) is 2.74. The van der Waals surface area contributed by atoms with Crippen molar-refractivity contribution in [2.24, 2.45) is 0 Å². The second-order valence-electron chi connectivity index (χ2n) is 7.22. The minimum atomic E-state index is -5.16. The highest BCUT2D eigenvalue weighted by Gasteiger charge is 2.54. The zero-order chi connectivity index (χ0) is 25.2. The summed E-state index contributed by atoms with van der Waals surface area (Å²) in [6, 6.07) is 8.53. The van der Waals surface area contributed by atoms with Crippen LogP contribution < -0.4 is 4.72 Å². The van der Waals surface area contributed by atoms with Crippen molar-refractivity contribution >= 4 is 31.6 Å². The van der Waals surface area contributed by atoms with Gasteiger partial charge in [0.2, 0.25) is 15.6 Å². The molecule has 0 heterocycles. The van der Waals surface area contributed by atoms with Crippen LogP contribution in [0.25, 0.3) is 0 Å². The third-order valence-corrected chi connectivity index (χ3v) is 6.77. The van der Waals surface area contributed by atoms with E-state index in [1.54, 1.807) is 0 Å². The van der Waals surface area contributed by atoms with E-state index in [4.69, 9.17) is 10.00 Å². The molecule has 0 amide bonds. The van der Waals surface area contributed by atoms with Gasteiger partial charge in [-0.3, -0.25) is 10.1 Å². The lowest BCUT2D eigenvalue weighted by molar-refractivity contribution is -0.387. The molecule has 33 heavy (non-hydrogen) atoms. The molecule has 1 unspecified atom stereocenters. The third-order valence-electron chi connectivity index (χ3n) is 4.64. The smallest absolute Gasteiger partial charge is 0.350 e. The highest BCUT2D eigenvalue weighted by molar-refractivity contribution is 9.10. The van der Waals surface area contributed by atoms with Crippen LogP contribution in [0.15, 0.2) is 51.8 Å². The SMILES string of the molecule is CC(C#N)(OC[C@](C)(NS(=O)(=O)c1ccccc1[N+](=O)[O-])c1cc(Br)ccc1F)C(F)(F)F. The molecule has 2 atom stereocenters. The molecule has 0 bridgehead atoms. The van der Waals surface area contributed by atoms with Crippen LogP contribution in [0.3, 0.4) is 0 Å². The normalized spacial score (nSPS) is 15.8. The molecule has 0 radical (unpaired) electrons. The molecule has 2 rings (SSSR count). The fraction of sp³-hybridized carbons (Fsp3) is 0.316. The molecule has 2 aromatic rings. The van der Waals surface area contributed by atoms with Crippen LogP contribution in [0, 0.1) is 27.3 Å². The Morgan fingerprint density at radius 2 is 1.82 bits per heavy atom. The molecule has 0 saturated carbocycles. The van der Waals surface area contributed by atoms with E-state index in [2.05, 4.69) is 15.9 Å². The second kappa shape index (κ2) is 9.34. The second-order valence-corrected chi connectivity index (χ2v) is 9.78. The number of nitro benzene ring substituents is 1. The number of nitrogens with one attached hydrogen (secondary N) is 1. The topological polar surface area (TPSA) is 122 Å². The summed E-state index contributed by atoms with van der Waals surface area (Å²) in [5.74, 6) is -1.000. The zero-order valence-corrected chi connectivity index (χ0v) is 19.4. The molecule has 1 N–H and O–H groups in total. The molecule has 0 aliphatic rings.